The van der Waals surface area contributed by atoms with Gasteiger partial charge in [-0.25, -0.2) is 5.43 Å². The van der Waals surface area contributed by atoms with Crippen molar-refractivity contribution < 1.29 is 15.0 Å². The summed E-state index contributed by atoms with van der Waals surface area (Å²) in [5, 5.41) is 22.3. The van der Waals surface area contributed by atoms with Gasteiger partial charge >= 0.3 is 0 Å². The van der Waals surface area contributed by atoms with Crippen LogP contribution in [0.1, 0.15) is 10.4 Å². The summed E-state index contributed by atoms with van der Waals surface area (Å²) in [6, 6.07) is 9.72. The lowest BCUT2D eigenvalue weighted by Crippen LogP contribution is -2.35. The van der Waals surface area contributed by atoms with E-state index in [0.717, 1.165) is 12.1 Å². The van der Waals surface area contributed by atoms with Crippen molar-refractivity contribution in [1.82, 2.24) is 5.43 Å². The Labute approximate surface area is 128 Å². The van der Waals surface area contributed by atoms with Crippen molar-refractivity contribution in [2.24, 2.45) is 5.10 Å². The minimum atomic E-state index is -0.732. The molecular weight excluding hydrogens is 300 g/mol. The van der Waals surface area contributed by atoms with Gasteiger partial charge in [0.05, 0.1) is 0 Å². The van der Waals surface area contributed by atoms with Crippen LogP contribution in [-0.4, -0.2) is 16.1 Å². The van der Waals surface area contributed by atoms with Crippen molar-refractivity contribution in [2.45, 2.75) is 0 Å². The maximum absolute atomic E-state index is 12.1. The Morgan fingerprint density at radius 1 is 0.913 bits per heavy atom. The van der Waals surface area contributed by atoms with Gasteiger partial charge in [-0.1, -0.05) is 24.3 Å². The second-order valence-corrected chi connectivity index (χ2v) is 4.81. The van der Waals surface area contributed by atoms with E-state index in [-0.39, 0.29) is 27.4 Å². The number of benzene rings is 2. The number of amides is 1. The molecule has 114 valence electrons. The van der Waals surface area contributed by atoms with Crippen LogP contribution >= 0.6 is 0 Å². The van der Waals surface area contributed by atoms with Gasteiger partial charge in [0.25, 0.3) is 5.91 Å². The Balaban J connectivity index is 2.00. The second kappa shape index (κ2) is 5.38. The number of phenols is 2. The number of nitrogens with one attached hydrogen (secondary N) is 1. The van der Waals surface area contributed by atoms with Crippen LogP contribution in [0.15, 0.2) is 57.2 Å². The van der Waals surface area contributed by atoms with Gasteiger partial charge in [-0.15, -0.1) is 0 Å². The second-order valence-electron chi connectivity index (χ2n) is 4.81. The molecule has 0 unspecified atom stereocenters. The normalized spacial score (nSPS) is 10.6. The highest BCUT2D eigenvalue weighted by Crippen LogP contribution is 2.24. The summed E-state index contributed by atoms with van der Waals surface area (Å²) in [5.74, 6) is -1.57. The van der Waals surface area contributed by atoms with E-state index < -0.39 is 22.5 Å². The molecule has 0 saturated heterocycles. The summed E-state index contributed by atoms with van der Waals surface area (Å²) in [6.45, 7) is 0. The number of rotatable bonds is 2. The molecule has 0 aliphatic heterocycles. The number of nitrogens with zero attached hydrogens (tertiary/aromatic N) is 1. The zero-order valence-corrected chi connectivity index (χ0v) is 11.6. The van der Waals surface area contributed by atoms with Gasteiger partial charge in [-0.05, 0) is 18.2 Å². The SMILES string of the molecule is O=C(NN=c1c(=O)c2ccccc2c1=O)c1ccc(O)c(O)c1. The molecule has 0 aliphatic rings. The molecule has 0 atom stereocenters. The summed E-state index contributed by atoms with van der Waals surface area (Å²) < 4.78 is 0. The topological polar surface area (TPSA) is 116 Å². The molecule has 3 aromatic rings. The van der Waals surface area contributed by atoms with Crippen molar-refractivity contribution in [2.75, 3.05) is 0 Å². The first-order chi connectivity index (χ1) is 11.0. The van der Waals surface area contributed by atoms with Crippen LogP contribution in [0.3, 0.4) is 0 Å². The number of hydrogen-bond acceptors (Lipinski definition) is 6. The quantitative estimate of drug-likeness (QED) is 0.458. The van der Waals surface area contributed by atoms with Crippen LogP contribution in [0.5, 0.6) is 11.5 Å². The Bertz CT molecular complexity index is 1030. The zero-order chi connectivity index (χ0) is 16.6. The fraction of sp³-hybridized carbons (Fsp3) is 0. The maximum atomic E-state index is 12.1. The van der Waals surface area contributed by atoms with Crippen LogP contribution in [0.4, 0.5) is 0 Å². The first-order valence-corrected chi connectivity index (χ1v) is 6.57. The smallest absolute Gasteiger partial charge is 0.271 e. The van der Waals surface area contributed by atoms with E-state index in [2.05, 4.69) is 10.5 Å². The van der Waals surface area contributed by atoms with Crippen molar-refractivity contribution >= 4 is 16.7 Å². The molecule has 0 aliphatic carbocycles. The van der Waals surface area contributed by atoms with Gasteiger partial charge in [-0.2, -0.15) is 5.10 Å². The molecule has 0 radical (unpaired) electrons. The average Bonchev–Trinajstić information content (AvgIpc) is 2.80. The lowest BCUT2D eigenvalue weighted by molar-refractivity contribution is 0.0952. The molecule has 3 N–H and O–H groups in total. The molecule has 3 aromatic carbocycles. The number of carbonyl (C=O) groups excluding carboxylic acids is 1. The largest absolute Gasteiger partial charge is 0.504 e. The van der Waals surface area contributed by atoms with E-state index in [4.69, 9.17) is 0 Å². The van der Waals surface area contributed by atoms with Crippen molar-refractivity contribution in [1.29, 1.82) is 0 Å². The molecule has 0 fully saturated rings. The Kier molecular flexibility index (Phi) is 3.38. The lowest BCUT2D eigenvalue weighted by Gasteiger charge is -2.01. The standard InChI is InChI=1S/C16H10N2O5/c19-11-6-5-8(7-12(11)20)16(23)18-17-13-14(21)9-3-1-2-4-10(9)15(13)22/h1-7,19-20H,(H,18,23). The third-order valence-corrected chi connectivity index (χ3v) is 3.35. The number of aromatic hydroxyl groups is 2. The van der Waals surface area contributed by atoms with Crippen LogP contribution < -0.4 is 21.6 Å². The lowest BCUT2D eigenvalue weighted by atomic mass is 10.2. The molecule has 0 saturated carbocycles. The van der Waals surface area contributed by atoms with E-state index in [9.17, 15) is 24.6 Å². The Hall–Kier alpha value is -3.48. The first kappa shape index (κ1) is 14.5. The van der Waals surface area contributed by atoms with Crippen LogP contribution in [0.2, 0.25) is 0 Å². The highest BCUT2D eigenvalue weighted by atomic mass is 16.3. The molecule has 7 nitrogen and oxygen atoms in total. The highest BCUT2D eigenvalue weighted by Gasteiger charge is 2.12. The minimum Gasteiger partial charge on any atom is -0.504 e. The van der Waals surface area contributed by atoms with Crippen molar-refractivity contribution in [3.63, 3.8) is 0 Å². The van der Waals surface area contributed by atoms with Crippen LogP contribution in [-0.2, 0) is 0 Å². The molecule has 7 heteroatoms. The van der Waals surface area contributed by atoms with Gasteiger partial charge in [-0.3, -0.25) is 14.4 Å². The zero-order valence-electron chi connectivity index (χ0n) is 11.6. The van der Waals surface area contributed by atoms with Gasteiger partial charge in [0.1, 0.15) is 0 Å². The third-order valence-electron chi connectivity index (χ3n) is 3.35. The maximum Gasteiger partial charge on any atom is 0.271 e. The number of hydrogen-bond donors (Lipinski definition) is 3. The van der Waals surface area contributed by atoms with Crippen molar-refractivity contribution in [3.05, 3.63) is 73.8 Å². The third kappa shape index (κ3) is 2.44. The van der Waals surface area contributed by atoms with E-state index in [1.807, 2.05) is 0 Å². The fourth-order valence-corrected chi connectivity index (χ4v) is 2.17. The first-order valence-electron chi connectivity index (χ1n) is 6.57. The number of carbonyl (C=O) groups is 1. The average molecular weight is 310 g/mol. The monoisotopic (exact) mass is 310 g/mol. The summed E-state index contributed by atoms with van der Waals surface area (Å²) in [7, 11) is 0. The number of fused-ring (bicyclic) bond motifs is 1. The summed E-state index contributed by atoms with van der Waals surface area (Å²) in [4.78, 5) is 36.1. The molecule has 0 aromatic heterocycles. The molecule has 0 bridgehead atoms. The van der Waals surface area contributed by atoms with Gasteiger partial charge in [0.15, 0.2) is 16.9 Å². The summed E-state index contributed by atoms with van der Waals surface area (Å²) >= 11 is 0. The predicted octanol–water partition coefficient (Wildman–Crippen LogP) is 0.0927. The van der Waals surface area contributed by atoms with Crippen LogP contribution in [0.25, 0.3) is 10.8 Å². The molecule has 0 spiro atoms. The van der Waals surface area contributed by atoms with E-state index in [0.29, 0.717) is 0 Å². The van der Waals surface area contributed by atoms with E-state index in [1.165, 1.54) is 18.2 Å². The minimum absolute atomic E-state index is 0.0139. The molecule has 3 rings (SSSR count). The highest BCUT2D eigenvalue weighted by molar-refractivity contribution is 5.94. The summed E-state index contributed by atoms with van der Waals surface area (Å²) in [5.41, 5.74) is 1.000. The van der Waals surface area contributed by atoms with Crippen molar-refractivity contribution in [3.8, 4) is 11.5 Å². The predicted molar refractivity (Wildman–Crippen MR) is 81.7 cm³/mol. The Morgan fingerprint density at radius 3 is 2.09 bits per heavy atom. The van der Waals surface area contributed by atoms with Gasteiger partial charge < -0.3 is 10.2 Å². The molecule has 0 heterocycles. The molecular formula is C16H10N2O5. The van der Waals surface area contributed by atoms with Crippen LogP contribution in [0, 0.1) is 0 Å². The molecule has 1 amide bonds. The van der Waals surface area contributed by atoms with Gasteiger partial charge in [0.2, 0.25) is 10.9 Å². The van der Waals surface area contributed by atoms with E-state index >= 15 is 0 Å². The fourth-order valence-electron chi connectivity index (χ4n) is 2.17. The molecule has 23 heavy (non-hydrogen) atoms. The summed E-state index contributed by atoms with van der Waals surface area (Å²) in [6.07, 6.45) is 0. The number of phenolic OH excluding ortho intramolecular Hbond substituents is 2. The van der Waals surface area contributed by atoms with E-state index in [1.54, 1.807) is 12.1 Å². The van der Waals surface area contributed by atoms with Gasteiger partial charge in [0, 0.05) is 16.3 Å². The Morgan fingerprint density at radius 2 is 1.52 bits per heavy atom.